The molecule has 0 spiro atoms. The van der Waals surface area contributed by atoms with Gasteiger partial charge in [-0.1, -0.05) is 0 Å². The van der Waals surface area contributed by atoms with Gasteiger partial charge in [-0.15, -0.1) is 0 Å². The quantitative estimate of drug-likeness (QED) is 0.729. The molecule has 0 N–H and O–H groups in total. The van der Waals surface area contributed by atoms with Crippen molar-refractivity contribution < 1.29 is 14.4 Å². The van der Waals surface area contributed by atoms with Crippen LogP contribution in [0.5, 0.6) is 0 Å². The van der Waals surface area contributed by atoms with E-state index in [9.17, 15) is 14.4 Å². The average Bonchev–Trinajstić information content (AvgIpc) is 2.67. The molecule has 0 atom stereocenters. The van der Waals surface area contributed by atoms with Crippen molar-refractivity contribution in [3.8, 4) is 0 Å². The first-order chi connectivity index (χ1) is 12.5. The zero-order chi connectivity index (χ0) is 18.7. The molecule has 1 aromatic rings. The van der Waals surface area contributed by atoms with Crippen LogP contribution in [0.15, 0.2) is 18.5 Å². The Labute approximate surface area is 153 Å². The number of carbonyl (C=O) groups excluding carboxylic acids is 3. The summed E-state index contributed by atoms with van der Waals surface area (Å²) in [4.78, 5) is 48.3. The van der Waals surface area contributed by atoms with Gasteiger partial charge in [-0.05, 0) is 13.1 Å². The second-order valence-corrected chi connectivity index (χ2v) is 6.86. The number of hydrogen-bond donors (Lipinski definition) is 0. The van der Waals surface area contributed by atoms with E-state index in [0.717, 1.165) is 13.1 Å². The third-order valence-corrected chi connectivity index (χ3v) is 5.03. The van der Waals surface area contributed by atoms with Crippen LogP contribution in [0.2, 0.25) is 0 Å². The average molecular weight is 359 g/mol. The summed E-state index contributed by atoms with van der Waals surface area (Å²) in [5, 5.41) is 0. The summed E-state index contributed by atoms with van der Waals surface area (Å²) in [7, 11) is 2.04. The molecular formula is C18H25N5O3. The molecule has 2 saturated heterocycles. The minimum atomic E-state index is -0.145. The minimum absolute atomic E-state index is 0.0264. The van der Waals surface area contributed by atoms with Gasteiger partial charge in [0.1, 0.15) is 0 Å². The molecule has 3 amide bonds. The molecule has 3 heterocycles. The van der Waals surface area contributed by atoms with Gasteiger partial charge in [-0.2, -0.15) is 0 Å². The summed E-state index contributed by atoms with van der Waals surface area (Å²) >= 11 is 0. The molecule has 0 unspecified atom stereocenters. The minimum Gasteiger partial charge on any atom is -0.339 e. The fraction of sp³-hybridized carbons (Fsp3) is 0.556. The van der Waals surface area contributed by atoms with Crippen LogP contribution in [0.4, 0.5) is 0 Å². The smallest absolute Gasteiger partial charge is 0.255 e. The van der Waals surface area contributed by atoms with E-state index >= 15 is 0 Å². The molecule has 0 radical (unpaired) electrons. The first kappa shape index (κ1) is 18.3. The summed E-state index contributed by atoms with van der Waals surface area (Å²) in [6, 6.07) is 1.63. The molecule has 8 nitrogen and oxygen atoms in total. The van der Waals surface area contributed by atoms with Gasteiger partial charge in [0, 0.05) is 71.7 Å². The molecule has 3 rings (SSSR count). The summed E-state index contributed by atoms with van der Waals surface area (Å²) in [6.07, 6.45) is 3.02. The lowest BCUT2D eigenvalue weighted by Crippen LogP contribution is -2.50. The zero-order valence-electron chi connectivity index (χ0n) is 15.3. The summed E-state index contributed by atoms with van der Waals surface area (Å²) in [6.45, 7) is 6.65. The number of likely N-dealkylation sites (N-methyl/N-ethyl adjacent to an activating group) is 1. The van der Waals surface area contributed by atoms with Crippen molar-refractivity contribution in [2.45, 2.75) is 6.92 Å². The molecule has 2 aliphatic rings. The number of pyridine rings is 1. The SMILES string of the molecule is CC(=O)N1CCN(C(=O)c2cncc(C(=O)N3CCN(C)CC3)c2)CC1. The van der Waals surface area contributed by atoms with Gasteiger partial charge in [0.2, 0.25) is 5.91 Å². The van der Waals surface area contributed by atoms with E-state index in [1.807, 2.05) is 7.05 Å². The van der Waals surface area contributed by atoms with Crippen LogP contribution in [0.25, 0.3) is 0 Å². The second kappa shape index (κ2) is 7.82. The Morgan fingerprint density at radius 2 is 1.19 bits per heavy atom. The van der Waals surface area contributed by atoms with E-state index < -0.39 is 0 Å². The van der Waals surface area contributed by atoms with Gasteiger partial charge in [-0.25, -0.2) is 0 Å². The first-order valence-electron chi connectivity index (χ1n) is 8.93. The third kappa shape index (κ3) is 4.01. The lowest BCUT2D eigenvalue weighted by atomic mass is 10.1. The maximum Gasteiger partial charge on any atom is 0.255 e. The highest BCUT2D eigenvalue weighted by Gasteiger charge is 2.25. The lowest BCUT2D eigenvalue weighted by molar-refractivity contribution is -0.130. The van der Waals surface area contributed by atoms with Gasteiger partial charge in [0.15, 0.2) is 0 Å². The molecule has 0 saturated carbocycles. The Morgan fingerprint density at radius 1 is 0.769 bits per heavy atom. The fourth-order valence-electron chi connectivity index (χ4n) is 3.27. The van der Waals surface area contributed by atoms with Crippen LogP contribution >= 0.6 is 0 Å². The highest BCUT2D eigenvalue weighted by atomic mass is 16.2. The number of rotatable bonds is 2. The number of nitrogens with zero attached hydrogens (tertiary/aromatic N) is 5. The fourth-order valence-corrected chi connectivity index (χ4v) is 3.27. The van der Waals surface area contributed by atoms with Gasteiger partial charge in [0.05, 0.1) is 11.1 Å². The molecule has 0 aromatic carbocycles. The highest BCUT2D eigenvalue weighted by molar-refractivity contribution is 5.99. The Hall–Kier alpha value is -2.48. The lowest BCUT2D eigenvalue weighted by Gasteiger charge is -2.34. The normalized spacial score (nSPS) is 18.8. The molecule has 26 heavy (non-hydrogen) atoms. The van der Waals surface area contributed by atoms with Crippen molar-refractivity contribution in [1.82, 2.24) is 24.6 Å². The van der Waals surface area contributed by atoms with E-state index in [1.54, 1.807) is 20.8 Å². The molecule has 140 valence electrons. The van der Waals surface area contributed by atoms with Crippen molar-refractivity contribution in [2.75, 3.05) is 59.4 Å². The number of hydrogen-bond acceptors (Lipinski definition) is 5. The first-order valence-corrected chi connectivity index (χ1v) is 8.93. The van der Waals surface area contributed by atoms with Gasteiger partial charge in [-0.3, -0.25) is 19.4 Å². The Kier molecular flexibility index (Phi) is 5.51. The molecule has 1 aromatic heterocycles. The van der Waals surface area contributed by atoms with Crippen LogP contribution in [-0.4, -0.2) is 102 Å². The summed E-state index contributed by atoms with van der Waals surface area (Å²) in [5.74, 6) is -0.200. The number of piperazine rings is 2. The topological polar surface area (TPSA) is 77.1 Å². The Balaban J connectivity index is 1.66. The Bertz CT molecular complexity index is 692. The van der Waals surface area contributed by atoms with Crippen molar-refractivity contribution in [2.24, 2.45) is 0 Å². The van der Waals surface area contributed by atoms with E-state index in [1.165, 1.54) is 19.3 Å². The maximum atomic E-state index is 12.7. The monoisotopic (exact) mass is 359 g/mol. The second-order valence-electron chi connectivity index (χ2n) is 6.86. The maximum absolute atomic E-state index is 12.7. The van der Waals surface area contributed by atoms with E-state index in [0.29, 0.717) is 50.4 Å². The zero-order valence-corrected chi connectivity index (χ0v) is 15.3. The third-order valence-electron chi connectivity index (χ3n) is 5.03. The van der Waals surface area contributed by atoms with Gasteiger partial charge < -0.3 is 19.6 Å². The number of aromatic nitrogens is 1. The predicted octanol–water partition coefficient (Wildman–Crippen LogP) is -0.226. The van der Waals surface area contributed by atoms with Crippen molar-refractivity contribution in [1.29, 1.82) is 0 Å². The molecule has 2 aliphatic heterocycles. The Morgan fingerprint density at radius 3 is 1.65 bits per heavy atom. The highest BCUT2D eigenvalue weighted by Crippen LogP contribution is 2.13. The summed E-state index contributed by atoms with van der Waals surface area (Å²) in [5.41, 5.74) is 0.865. The van der Waals surface area contributed by atoms with E-state index in [2.05, 4.69) is 9.88 Å². The van der Waals surface area contributed by atoms with E-state index in [-0.39, 0.29) is 17.7 Å². The number of amides is 3. The van der Waals surface area contributed by atoms with Crippen molar-refractivity contribution in [3.05, 3.63) is 29.6 Å². The van der Waals surface area contributed by atoms with E-state index in [4.69, 9.17) is 0 Å². The standard InChI is InChI=1S/C18H25N5O3/c1-14(24)21-7-9-23(10-8-21)18(26)16-11-15(12-19-13-16)17(25)22-5-3-20(2)4-6-22/h11-13H,3-10H2,1-2H3. The van der Waals surface area contributed by atoms with Crippen molar-refractivity contribution in [3.63, 3.8) is 0 Å². The van der Waals surface area contributed by atoms with Crippen LogP contribution in [0.3, 0.4) is 0 Å². The van der Waals surface area contributed by atoms with Crippen LogP contribution in [-0.2, 0) is 4.79 Å². The van der Waals surface area contributed by atoms with Crippen LogP contribution in [0.1, 0.15) is 27.6 Å². The van der Waals surface area contributed by atoms with Gasteiger partial charge in [0.25, 0.3) is 11.8 Å². The van der Waals surface area contributed by atoms with Gasteiger partial charge >= 0.3 is 0 Å². The molecule has 2 fully saturated rings. The number of carbonyl (C=O) groups is 3. The summed E-state index contributed by atoms with van der Waals surface area (Å²) < 4.78 is 0. The molecule has 0 aliphatic carbocycles. The molecule has 8 heteroatoms. The van der Waals surface area contributed by atoms with Crippen LogP contribution < -0.4 is 0 Å². The molecule has 0 bridgehead atoms. The van der Waals surface area contributed by atoms with Crippen molar-refractivity contribution >= 4 is 17.7 Å². The molecular weight excluding hydrogens is 334 g/mol. The predicted molar refractivity (Wildman–Crippen MR) is 95.8 cm³/mol. The largest absolute Gasteiger partial charge is 0.339 e. The van der Waals surface area contributed by atoms with Crippen LogP contribution in [0, 0.1) is 0 Å².